The molecule has 0 aliphatic rings. The van der Waals surface area contributed by atoms with Gasteiger partial charge in [-0.2, -0.15) is 0 Å². The highest BCUT2D eigenvalue weighted by atomic mass is 32.2. The van der Waals surface area contributed by atoms with Crippen LogP contribution in [0.5, 0.6) is 0 Å². The van der Waals surface area contributed by atoms with E-state index in [9.17, 15) is 14.0 Å². The van der Waals surface area contributed by atoms with Crippen LogP contribution in [0, 0.1) is 5.82 Å². The summed E-state index contributed by atoms with van der Waals surface area (Å²) in [5.74, 6) is -0.374. The van der Waals surface area contributed by atoms with Crippen molar-refractivity contribution in [1.29, 1.82) is 0 Å². The molecule has 3 amide bonds. The largest absolute Gasteiger partial charge is 0.431 e. The number of urea groups is 1. The number of hydrogen-bond donors (Lipinski definition) is 2. The molecular weight excluding hydrogens is 337 g/mol. The van der Waals surface area contributed by atoms with Crippen molar-refractivity contribution < 1.29 is 23.1 Å². The quantitative estimate of drug-likeness (QED) is 0.584. The molecule has 0 saturated carbocycles. The standard InChI is InChI=1S/C15H16FN3O4S/c1-22-7-6-17-14(21)19-13(20)9-24-15-18-8-12(23-15)10-2-4-11(16)5-3-10/h2-5,8H,6-7,9H2,1H3,(H2,17,19,20,21). The highest BCUT2D eigenvalue weighted by Crippen LogP contribution is 2.25. The number of methoxy groups -OCH3 is 1. The average Bonchev–Trinajstić information content (AvgIpc) is 3.03. The van der Waals surface area contributed by atoms with Gasteiger partial charge in [-0.15, -0.1) is 0 Å². The van der Waals surface area contributed by atoms with Crippen LogP contribution in [-0.4, -0.2) is 42.9 Å². The van der Waals surface area contributed by atoms with Gasteiger partial charge in [0, 0.05) is 19.2 Å². The van der Waals surface area contributed by atoms with Crippen molar-refractivity contribution in [2.45, 2.75) is 5.22 Å². The van der Waals surface area contributed by atoms with Crippen LogP contribution in [0.3, 0.4) is 0 Å². The first kappa shape index (κ1) is 18.0. The summed E-state index contributed by atoms with van der Waals surface area (Å²) < 4.78 is 23.1. The molecule has 0 saturated heterocycles. The first-order valence-electron chi connectivity index (χ1n) is 6.99. The second-order valence-electron chi connectivity index (χ2n) is 4.58. The Bertz CT molecular complexity index is 690. The van der Waals surface area contributed by atoms with Crippen LogP contribution in [0.15, 0.2) is 40.1 Å². The third-order valence-corrected chi connectivity index (χ3v) is 3.63. The molecule has 2 aromatic rings. The van der Waals surface area contributed by atoms with Gasteiger partial charge >= 0.3 is 6.03 Å². The zero-order valence-corrected chi connectivity index (χ0v) is 13.7. The molecule has 128 valence electrons. The van der Waals surface area contributed by atoms with Gasteiger partial charge in [-0.1, -0.05) is 11.8 Å². The van der Waals surface area contributed by atoms with E-state index < -0.39 is 11.9 Å². The van der Waals surface area contributed by atoms with E-state index in [-0.39, 0.29) is 16.8 Å². The molecule has 2 rings (SSSR count). The summed E-state index contributed by atoms with van der Waals surface area (Å²) >= 11 is 1.05. The van der Waals surface area contributed by atoms with Crippen LogP contribution in [0.25, 0.3) is 11.3 Å². The normalized spacial score (nSPS) is 10.4. The van der Waals surface area contributed by atoms with Gasteiger partial charge in [0.25, 0.3) is 5.22 Å². The summed E-state index contributed by atoms with van der Waals surface area (Å²) in [4.78, 5) is 27.0. The van der Waals surface area contributed by atoms with Crippen LogP contribution in [0.2, 0.25) is 0 Å². The van der Waals surface area contributed by atoms with Crippen LogP contribution < -0.4 is 10.6 Å². The van der Waals surface area contributed by atoms with Gasteiger partial charge in [0.2, 0.25) is 5.91 Å². The van der Waals surface area contributed by atoms with E-state index in [4.69, 9.17) is 9.15 Å². The molecule has 0 unspecified atom stereocenters. The number of rotatable bonds is 7. The van der Waals surface area contributed by atoms with Gasteiger partial charge in [-0.05, 0) is 24.3 Å². The lowest BCUT2D eigenvalue weighted by atomic mass is 10.2. The lowest BCUT2D eigenvalue weighted by Gasteiger charge is -2.05. The third kappa shape index (κ3) is 5.67. The van der Waals surface area contributed by atoms with Gasteiger partial charge in [0.05, 0.1) is 18.6 Å². The van der Waals surface area contributed by atoms with E-state index in [2.05, 4.69) is 15.6 Å². The van der Waals surface area contributed by atoms with Crippen LogP contribution in [-0.2, 0) is 9.53 Å². The van der Waals surface area contributed by atoms with E-state index >= 15 is 0 Å². The molecular formula is C15H16FN3O4S. The molecule has 24 heavy (non-hydrogen) atoms. The average molecular weight is 353 g/mol. The fourth-order valence-corrected chi connectivity index (χ4v) is 2.28. The van der Waals surface area contributed by atoms with Crippen molar-refractivity contribution in [2.24, 2.45) is 0 Å². The smallest absolute Gasteiger partial charge is 0.321 e. The molecule has 0 fully saturated rings. The summed E-state index contributed by atoms with van der Waals surface area (Å²) in [5, 5.41) is 4.93. The van der Waals surface area contributed by atoms with Gasteiger partial charge < -0.3 is 14.5 Å². The number of thioether (sulfide) groups is 1. The minimum absolute atomic E-state index is 0.0267. The Balaban J connectivity index is 1.79. The Morgan fingerprint density at radius 2 is 2.08 bits per heavy atom. The van der Waals surface area contributed by atoms with Crippen molar-refractivity contribution in [3.63, 3.8) is 0 Å². The Morgan fingerprint density at radius 3 is 2.79 bits per heavy atom. The molecule has 0 atom stereocenters. The first-order chi connectivity index (χ1) is 11.6. The summed E-state index contributed by atoms with van der Waals surface area (Å²) in [6, 6.07) is 5.20. The molecule has 0 radical (unpaired) electrons. The zero-order chi connectivity index (χ0) is 17.4. The van der Waals surface area contributed by atoms with Crippen LogP contribution in [0.1, 0.15) is 0 Å². The maximum atomic E-state index is 12.9. The molecule has 7 nitrogen and oxygen atoms in total. The SMILES string of the molecule is COCCNC(=O)NC(=O)CSc1ncc(-c2ccc(F)cc2)o1. The number of imide groups is 1. The monoisotopic (exact) mass is 353 g/mol. The second-order valence-corrected chi connectivity index (χ2v) is 5.51. The number of ether oxygens (including phenoxy) is 1. The molecule has 0 aliphatic carbocycles. The van der Waals surface area contributed by atoms with Crippen molar-refractivity contribution in [1.82, 2.24) is 15.6 Å². The van der Waals surface area contributed by atoms with Gasteiger partial charge in [-0.25, -0.2) is 14.2 Å². The number of hydrogen-bond acceptors (Lipinski definition) is 6. The Labute approximate surface area is 142 Å². The lowest BCUT2D eigenvalue weighted by Crippen LogP contribution is -2.41. The number of nitrogens with one attached hydrogen (secondary N) is 2. The molecule has 1 aromatic heterocycles. The van der Waals surface area contributed by atoms with Crippen molar-refractivity contribution in [3.8, 4) is 11.3 Å². The van der Waals surface area contributed by atoms with Crippen molar-refractivity contribution >= 4 is 23.7 Å². The summed E-state index contributed by atoms with van der Waals surface area (Å²) in [7, 11) is 1.51. The van der Waals surface area contributed by atoms with Gasteiger partial charge in [-0.3, -0.25) is 10.1 Å². The van der Waals surface area contributed by atoms with Gasteiger partial charge in [0.15, 0.2) is 5.76 Å². The molecule has 9 heteroatoms. The van der Waals surface area contributed by atoms with E-state index in [1.54, 1.807) is 12.1 Å². The maximum absolute atomic E-state index is 12.9. The summed E-state index contributed by atoms with van der Waals surface area (Å²) in [5.41, 5.74) is 0.678. The van der Waals surface area contributed by atoms with Crippen molar-refractivity contribution in [2.75, 3.05) is 26.0 Å². The number of amides is 3. The fraction of sp³-hybridized carbons (Fsp3) is 0.267. The molecule has 0 bridgehead atoms. The number of carbonyl (C=O) groups is 2. The number of nitrogens with zero attached hydrogens (tertiary/aromatic N) is 1. The number of oxazole rings is 1. The minimum atomic E-state index is -0.586. The molecule has 1 heterocycles. The van der Waals surface area contributed by atoms with E-state index in [1.165, 1.54) is 25.4 Å². The van der Waals surface area contributed by atoms with E-state index in [0.29, 0.717) is 24.5 Å². The number of carbonyl (C=O) groups excluding carboxylic acids is 2. The second kappa shape index (κ2) is 9.04. The highest BCUT2D eigenvalue weighted by Gasteiger charge is 2.11. The molecule has 2 N–H and O–H groups in total. The highest BCUT2D eigenvalue weighted by molar-refractivity contribution is 7.99. The number of aromatic nitrogens is 1. The predicted octanol–water partition coefficient (Wildman–Crippen LogP) is 2.04. The third-order valence-electron chi connectivity index (χ3n) is 2.78. The minimum Gasteiger partial charge on any atom is -0.431 e. The summed E-state index contributed by atoms with van der Waals surface area (Å²) in [6.07, 6.45) is 1.49. The van der Waals surface area contributed by atoms with Crippen molar-refractivity contribution in [3.05, 3.63) is 36.3 Å². The topological polar surface area (TPSA) is 93.5 Å². The molecule has 0 aliphatic heterocycles. The number of halogens is 1. The first-order valence-corrected chi connectivity index (χ1v) is 7.98. The van der Waals surface area contributed by atoms with Crippen LogP contribution >= 0.6 is 11.8 Å². The lowest BCUT2D eigenvalue weighted by molar-refractivity contribution is -0.117. The fourth-order valence-electron chi connectivity index (χ4n) is 1.67. The zero-order valence-electron chi connectivity index (χ0n) is 12.9. The number of benzene rings is 1. The van der Waals surface area contributed by atoms with E-state index in [0.717, 1.165) is 11.8 Å². The Kier molecular flexibility index (Phi) is 6.76. The maximum Gasteiger partial charge on any atom is 0.321 e. The van der Waals surface area contributed by atoms with Gasteiger partial charge in [0.1, 0.15) is 5.82 Å². The Morgan fingerprint density at radius 1 is 1.33 bits per heavy atom. The molecule has 1 aromatic carbocycles. The van der Waals surface area contributed by atoms with E-state index in [1.807, 2.05) is 0 Å². The molecule has 0 spiro atoms. The Hall–Kier alpha value is -2.39. The predicted molar refractivity (Wildman–Crippen MR) is 86.0 cm³/mol. The van der Waals surface area contributed by atoms with Crippen LogP contribution in [0.4, 0.5) is 9.18 Å². The summed E-state index contributed by atoms with van der Waals surface area (Å²) in [6.45, 7) is 0.669.